The first kappa shape index (κ1) is 9.71. The lowest BCUT2D eigenvalue weighted by molar-refractivity contribution is 0.432. The maximum Gasteiger partial charge on any atom is 0.0596 e. The molecule has 0 radical (unpaired) electrons. The van der Waals surface area contributed by atoms with E-state index < -0.39 is 0 Å². The Morgan fingerprint density at radius 2 is 2.21 bits per heavy atom. The Balaban J connectivity index is 2.20. The Bertz CT molecular complexity index is 297. The second kappa shape index (κ2) is 4.13. The molecule has 3 heteroatoms. The minimum Gasteiger partial charge on any atom is -0.317 e. The van der Waals surface area contributed by atoms with E-state index in [-0.39, 0.29) is 0 Å². The average Bonchev–Trinajstić information content (AvgIpc) is 2.61. The van der Waals surface area contributed by atoms with E-state index >= 15 is 0 Å². The third kappa shape index (κ3) is 1.82. The van der Waals surface area contributed by atoms with E-state index in [0.29, 0.717) is 0 Å². The zero-order valence-electron chi connectivity index (χ0n) is 9.08. The van der Waals surface area contributed by atoms with Crippen LogP contribution >= 0.6 is 0 Å². The van der Waals surface area contributed by atoms with E-state index in [9.17, 15) is 0 Å². The predicted octanol–water partition coefficient (Wildman–Crippen LogP) is 1.68. The minimum absolute atomic E-state index is 0.720. The summed E-state index contributed by atoms with van der Waals surface area (Å²) in [5.74, 6) is 0.720. The molecule has 1 aromatic rings. The van der Waals surface area contributed by atoms with Crippen molar-refractivity contribution in [3.05, 3.63) is 17.5 Å². The molecular weight excluding hydrogens is 174 g/mol. The number of nitrogens with zero attached hydrogens (tertiary/aromatic N) is 2. The molecule has 0 atom stereocenters. The minimum atomic E-state index is 0.720. The fraction of sp³-hybridized carbons (Fsp3) is 0.727. The van der Waals surface area contributed by atoms with Crippen LogP contribution in [0.2, 0.25) is 0 Å². The number of rotatable bonds is 2. The molecule has 78 valence electrons. The highest BCUT2D eigenvalue weighted by molar-refractivity contribution is 5.14. The molecule has 1 aliphatic rings. The van der Waals surface area contributed by atoms with E-state index in [1.54, 1.807) is 0 Å². The molecule has 1 N–H and O–H groups in total. The van der Waals surface area contributed by atoms with Gasteiger partial charge in [0.15, 0.2) is 0 Å². The molecule has 1 saturated heterocycles. The first-order valence-electron chi connectivity index (χ1n) is 5.56. The van der Waals surface area contributed by atoms with Crippen molar-refractivity contribution in [1.82, 2.24) is 15.1 Å². The van der Waals surface area contributed by atoms with Crippen molar-refractivity contribution in [3.8, 4) is 0 Å². The molecule has 0 aromatic carbocycles. The second-order valence-electron chi connectivity index (χ2n) is 4.05. The summed E-state index contributed by atoms with van der Waals surface area (Å²) in [7, 11) is 0. The molecule has 0 bridgehead atoms. The van der Waals surface area contributed by atoms with E-state index in [1.165, 1.54) is 18.5 Å². The standard InChI is InChI=1S/C11H19N3/c1-3-14-11(8-9(2)13-14)10-4-6-12-7-5-10/h8,10,12H,3-7H2,1-2H3. The maximum absolute atomic E-state index is 4.50. The molecule has 1 aromatic heterocycles. The molecule has 3 nitrogen and oxygen atoms in total. The largest absolute Gasteiger partial charge is 0.317 e. The van der Waals surface area contributed by atoms with Gasteiger partial charge in [-0.2, -0.15) is 5.10 Å². The Hall–Kier alpha value is -0.830. The van der Waals surface area contributed by atoms with Crippen molar-refractivity contribution in [3.63, 3.8) is 0 Å². The Labute approximate surface area is 85.5 Å². The summed E-state index contributed by atoms with van der Waals surface area (Å²) in [6.45, 7) is 7.54. The topological polar surface area (TPSA) is 29.9 Å². The van der Waals surface area contributed by atoms with E-state index in [0.717, 1.165) is 31.2 Å². The molecule has 0 saturated carbocycles. The molecule has 1 aliphatic heterocycles. The molecule has 0 unspecified atom stereocenters. The third-order valence-corrected chi connectivity index (χ3v) is 2.99. The summed E-state index contributed by atoms with van der Waals surface area (Å²) in [6, 6.07) is 2.25. The average molecular weight is 193 g/mol. The van der Waals surface area contributed by atoms with Crippen molar-refractivity contribution in [2.75, 3.05) is 13.1 Å². The normalized spacial score (nSPS) is 18.7. The number of nitrogens with one attached hydrogen (secondary N) is 1. The zero-order chi connectivity index (χ0) is 9.97. The van der Waals surface area contributed by atoms with Crippen LogP contribution in [0.3, 0.4) is 0 Å². The Kier molecular flexibility index (Phi) is 2.87. The van der Waals surface area contributed by atoms with Crippen LogP contribution < -0.4 is 5.32 Å². The molecular formula is C11H19N3. The fourth-order valence-electron chi connectivity index (χ4n) is 2.27. The molecule has 0 aliphatic carbocycles. The van der Waals surface area contributed by atoms with Gasteiger partial charge in [0, 0.05) is 18.2 Å². The van der Waals surface area contributed by atoms with Gasteiger partial charge < -0.3 is 5.32 Å². The molecule has 2 rings (SSSR count). The molecule has 14 heavy (non-hydrogen) atoms. The van der Waals surface area contributed by atoms with Crippen LogP contribution in [-0.4, -0.2) is 22.9 Å². The van der Waals surface area contributed by atoms with Gasteiger partial charge in [0.2, 0.25) is 0 Å². The third-order valence-electron chi connectivity index (χ3n) is 2.99. The van der Waals surface area contributed by atoms with Crippen LogP contribution in [-0.2, 0) is 6.54 Å². The van der Waals surface area contributed by atoms with Gasteiger partial charge in [0.25, 0.3) is 0 Å². The quantitative estimate of drug-likeness (QED) is 0.774. The highest BCUT2D eigenvalue weighted by atomic mass is 15.3. The van der Waals surface area contributed by atoms with E-state index in [4.69, 9.17) is 0 Å². The van der Waals surface area contributed by atoms with Gasteiger partial charge in [0.1, 0.15) is 0 Å². The van der Waals surface area contributed by atoms with Crippen molar-refractivity contribution < 1.29 is 0 Å². The van der Waals surface area contributed by atoms with Crippen molar-refractivity contribution in [2.45, 2.75) is 39.2 Å². The summed E-state index contributed by atoms with van der Waals surface area (Å²) in [4.78, 5) is 0. The highest BCUT2D eigenvalue weighted by Gasteiger charge is 2.19. The summed E-state index contributed by atoms with van der Waals surface area (Å²) in [5, 5.41) is 7.90. The number of piperidine rings is 1. The monoisotopic (exact) mass is 193 g/mol. The summed E-state index contributed by atoms with van der Waals surface area (Å²) in [5.41, 5.74) is 2.59. The molecule has 1 fully saturated rings. The molecule has 0 spiro atoms. The van der Waals surface area contributed by atoms with Crippen LogP contribution in [0.1, 0.15) is 37.1 Å². The SMILES string of the molecule is CCn1nc(C)cc1C1CCNCC1. The van der Waals surface area contributed by atoms with Gasteiger partial charge in [0.05, 0.1) is 5.69 Å². The molecule has 2 heterocycles. The van der Waals surface area contributed by atoms with Crippen LogP contribution in [0.4, 0.5) is 0 Å². The first-order chi connectivity index (χ1) is 6.81. The Morgan fingerprint density at radius 3 is 2.86 bits per heavy atom. The smallest absolute Gasteiger partial charge is 0.0596 e. The predicted molar refractivity (Wildman–Crippen MR) is 57.5 cm³/mol. The van der Waals surface area contributed by atoms with Crippen molar-refractivity contribution in [2.24, 2.45) is 0 Å². The highest BCUT2D eigenvalue weighted by Crippen LogP contribution is 2.25. The van der Waals surface area contributed by atoms with Crippen LogP contribution in [0.25, 0.3) is 0 Å². The van der Waals surface area contributed by atoms with Crippen molar-refractivity contribution in [1.29, 1.82) is 0 Å². The summed E-state index contributed by atoms with van der Waals surface area (Å²) < 4.78 is 2.16. The van der Waals surface area contributed by atoms with Crippen molar-refractivity contribution >= 4 is 0 Å². The molecule has 0 amide bonds. The second-order valence-corrected chi connectivity index (χ2v) is 4.05. The zero-order valence-corrected chi connectivity index (χ0v) is 9.08. The Morgan fingerprint density at radius 1 is 1.50 bits per heavy atom. The first-order valence-corrected chi connectivity index (χ1v) is 5.56. The van der Waals surface area contributed by atoms with Gasteiger partial charge in [-0.25, -0.2) is 0 Å². The van der Waals surface area contributed by atoms with Gasteiger partial charge in [-0.1, -0.05) is 0 Å². The number of aryl methyl sites for hydroxylation is 2. The van der Waals surface area contributed by atoms with Gasteiger partial charge in [-0.05, 0) is 45.8 Å². The van der Waals surface area contributed by atoms with Crippen LogP contribution in [0.5, 0.6) is 0 Å². The van der Waals surface area contributed by atoms with Crippen LogP contribution in [0, 0.1) is 6.92 Å². The fourth-order valence-corrected chi connectivity index (χ4v) is 2.27. The van der Waals surface area contributed by atoms with E-state index in [2.05, 4.69) is 35.0 Å². The number of hydrogen-bond donors (Lipinski definition) is 1. The number of hydrogen-bond acceptors (Lipinski definition) is 2. The van der Waals surface area contributed by atoms with Crippen LogP contribution in [0.15, 0.2) is 6.07 Å². The lowest BCUT2D eigenvalue weighted by atomic mass is 9.94. The van der Waals surface area contributed by atoms with Gasteiger partial charge >= 0.3 is 0 Å². The number of aromatic nitrogens is 2. The maximum atomic E-state index is 4.50. The van der Waals surface area contributed by atoms with E-state index in [1.807, 2.05) is 0 Å². The lowest BCUT2D eigenvalue weighted by Gasteiger charge is -2.23. The summed E-state index contributed by atoms with van der Waals surface area (Å²) >= 11 is 0. The summed E-state index contributed by atoms with van der Waals surface area (Å²) in [6.07, 6.45) is 2.51. The lowest BCUT2D eigenvalue weighted by Crippen LogP contribution is -2.27. The van der Waals surface area contributed by atoms with Gasteiger partial charge in [-0.15, -0.1) is 0 Å². The van der Waals surface area contributed by atoms with Gasteiger partial charge in [-0.3, -0.25) is 4.68 Å².